The number of methoxy groups -OCH3 is 1. The van der Waals surface area contributed by atoms with Crippen molar-refractivity contribution in [3.63, 3.8) is 0 Å². The van der Waals surface area contributed by atoms with Crippen LogP contribution in [-0.4, -0.2) is 23.2 Å². The molecule has 2 aromatic rings. The Morgan fingerprint density at radius 3 is 2.79 bits per heavy atom. The van der Waals surface area contributed by atoms with Gasteiger partial charge in [-0.25, -0.2) is 9.78 Å². The lowest BCUT2D eigenvalue weighted by Gasteiger charge is -2.03. The van der Waals surface area contributed by atoms with Gasteiger partial charge in [-0.3, -0.25) is 0 Å². The van der Waals surface area contributed by atoms with Crippen molar-refractivity contribution < 1.29 is 14.6 Å². The van der Waals surface area contributed by atoms with Gasteiger partial charge < -0.3 is 9.84 Å². The highest BCUT2D eigenvalue weighted by atomic mass is 32.1. The standard InChI is InChI=1S/C14H15NO3S/c1-3-9-6-4-5-7-10(9)13-15-11(8-18-2)12(19-13)14(16)17/h4-7H,3,8H2,1-2H3,(H,16,17). The van der Waals surface area contributed by atoms with Crippen LogP contribution >= 0.6 is 11.3 Å². The first-order valence-electron chi connectivity index (χ1n) is 5.97. The predicted molar refractivity (Wildman–Crippen MR) is 74.6 cm³/mol. The van der Waals surface area contributed by atoms with Crippen molar-refractivity contribution in [2.75, 3.05) is 7.11 Å². The number of aromatic nitrogens is 1. The van der Waals surface area contributed by atoms with Crippen LogP contribution in [0.1, 0.15) is 27.9 Å². The van der Waals surface area contributed by atoms with Crippen LogP contribution in [0.4, 0.5) is 0 Å². The molecule has 0 bridgehead atoms. The van der Waals surface area contributed by atoms with Crippen molar-refractivity contribution >= 4 is 17.3 Å². The van der Waals surface area contributed by atoms with E-state index in [-0.39, 0.29) is 11.5 Å². The van der Waals surface area contributed by atoms with Crippen LogP contribution < -0.4 is 0 Å². The van der Waals surface area contributed by atoms with Gasteiger partial charge in [0.2, 0.25) is 0 Å². The molecule has 1 aromatic heterocycles. The number of thiazole rings is 1. The number of ether oxygens (including phenoxy) is 1. The Labute approximate surface area is 115 Å². The second kappa shape index (κ2) is 5.95. The van der Waals surface area contributed by atoms with Gasteiger partial charge in [-0.2, -0.15) is 0 Å². The molecule has 4 nitrogen and oxygen atoms in total. The number of aromatic carboxylic acids is 1. The van der Waals surface area contributed by atoms with Gasteiger partial charge in [0.15, 0.2) is 0 Å². The maximum absolute atomic E-state index is 11.2. The van der Waals surface area contributed by atoms with Gasteiger partial charge in [0.1, 0.15) is 9.88 Å². The molecule has 0 saturated heterocycles. The number of carboxylic acid groups (broad SMARTS) is 1. The molecule has 1 heterocycles. The average Bonchev–Trinajstić information content (AvgIpc) is 2.83. The molecule has 0 aliphatic heterocycles. The van der Waals surface area contributed by atoms with E-state index in [1.165, 1.54) is 18.4 Å². The van der Waals surface area contributed by atoms with Gasteiger partial charge in [0, 0.05) is 12.7 Å². The molecule has 0 fully saturated rings. The Bertz CT molecular complexity index is 592. The minimum absolute atomic E-state index is 0.215. The zero-order valence-corrected chi connectivity index (χ0v) is 11.7. The Morgan fingerprint density at radius 2 is 2.16 bits per heavy atom. The fourth-order valence-corrected chi connectivity index (χ4v) is 2.87. The van der Waals surface area contributed by atoms with E-state index >= 15 is 0 Å². The fourth-order valence-electron chi connectivity index (χ4n) is 1.91. The Morgan fingerprint density at radius 1 is 1.42 bits per heavy atom. The first-order chi connectivity index (χ1) is 9.17. The molecule has 100 valence electrons. The monoisotopic (exact) mass is 277 g/mol. The molecule has 2 rings (SSSR count). The van der Waals surface area contributed by atoms with Crippen molar-refractivity contribution in [1.82, 2.24) is 4.98 Å². The van der Waals surface area contributed by atoms with Crippen LogP contribution in [0.25, 0.3) is 10.6 Å². The molecule has 1 N–H and O–H groups in total. The lowest BCUT2D eigenvalue weighted by Crippen LogP contribution is -1.99. The molecule has 0 atom stereocenters. The van der Waals surface area contributed by atoms with Gasteiger partial charge in [-0.1, -0.05) is 31.2 Å². The maximum atomic E-state index is 11.2. The summed E-state index contributed by atoms with van der Waals surface area (Å²) in [6, 6.07) is 7.92. The van der Waals surface area contributed by atoms with E-state index in [9.17, 15) is 9.90 Å². The van der Waals surface area contributed by atoms with Gasteiger partial charge >= 0.3 is 5.97 Å². The average molecular weight is 277 g/mol. The summed E-state index contributed by atoms with van der Waals surface area (Å²) in [5.74, 6) is -0.954. The normalized spacial score (nSPS) is 10.6. The second-order valence-electron chi connectivity index (χ2n) is 4.04. The summed E-state index contributed by atoms with van der Waals surface area (Å²) in [5, 5.41) is 9.93. The number of carboxylic acids is 1. The van der Waals surface area contributed by atoms with E-state index in [1.54, 1.807) is 0 Å². The summed E-state index contributed by atoms with van der Waals surface area (Å²) in [5.41, 5.74) is 2.65. The number of carbonyl (C=O) groups is 1. The molecule has 19 heavy (non-hydrogen) atoms. The minimum Gasteiger partial charge on any atom is -0.477 e. The van der Waals surface area contributed by atoms with E-state index in [4.69, 9.17) is 4.74 Å². The molecular formula is C14H15NO3S. The lowest BCUT2D eigenvalue weighted by molar-refractivity contribution is 0.0697. The summed E-state index contributed by atoms with van der Waals surface area (Å²) in [6.07, 6.45) is 0.887. The summed E-state index contributed by atoms with van der Waals surface area (Å²) in [7, 11) is 1.53. The van der Waals surface area contributed by atoms with Crippen LogP contribution in [0.2, 0.25) is 0 Å². The smallest absolute Gasteiger partial charge is 0.347 e. The first-order valence-corrected chi connectivity index (χ1v) is 6.79. The number of hydrogen-bond donors (Lipinski definition) is 1. The summed E-state index contributed by atoms with van der Waals surface area (Å²) in [4.78, 5) is 15.9. The summed E-state index contributed by atoms with van der Waals surface area (Å²) in [6.45, 7) is 2.28. The number of benzene rings is 1. The third kappa shape index (κ3) is 2.83. The van der Waals surface area contributed by atoms with E-state index in [0.717, 1.165) is 22.6 Å². The van der Waals surface area contributed by atoms with Crippen LogP contribution in [0.15, 0.2) is 24.3 Å². The number of hydrogen-bond acceptors (Lipinski definition) is 4. The largest absolute Gasteiger partial charge is 0.477 e. The lowest BCUT2D eigenvalue weighted by atomic mass is 10.1. The highest BCUT2D eigenvalue weighted by molar-refractivity contribution is 7.17. The highest BCUT2D eigenvalue weighted by Gasteiger charge is 2.18. The molecule has 0 saturated carbocycles. The SMILES string of the molecule is CCc1ccccc1-c1nc(COC)c(C(=O)O)s1. The van der Waals surface area contributed by atoms with Crippen LogP contribution in [0, 0.1) is 0 Å². The molecule has 0 aliphatic carbocycles. The number of rotatable bonds is 5. The molecule has 0 spiro atoms. The van der Waals surface area contributed by atoms with Crippen LogP contribution in [0.5, 0.6) is 0 Å². The molecule has 0 amide bonds. The molecule has 5 heteroatoms. The highest BCUT2D eigenvalue weighted by Crippen LogP contribution is 2.31. The predicted octanol–water partition coefficient (Wildman–Crippen LogP) is 3.22. The second-order valence-corrected chi connectivity index (χ2v) is 5.04. The quantitative estimate of drug-likeness (QED) is 0.911. The van der Waals surface area contributed by atoms with Gasteiger partial charge in [0.05, 0.1) is 12.3 Å². The van der Waals surface area contributed by atoms with Crippen molar-refractivity contribution in [3.8, 4) is 10.6 Å². The Hall–Kier alpha value is -1.72. The number of aryl methyl sites for hydroxylation is 1. The maximum Gasteiger partial charge on any atom is 0.347 e. The van der Waals surface area contributed by atoms with Crippen molar-refractivity contribution in [2.45, 2.75) is 20.0 Å². The molecule has 1 aromatic carbocycles. The fraction of sp³-hybridized carbons (Fsp3) is 0.286. The van der Waals surface area contributed by atoms with Crippen LogP contribution in [0.3, 0.4) is 0 Å². The van der Waals surface area contributed by atoms with E-state index < -0.39 is 5.97 Å². The topological polar surface area (TPSA) is 59.4 Å². The third-order valence-electron chi connectivity index (χ3n) is 2.80. The van der Waals surface area contributed by atoms with Crippen molar-refractivity contribution in [2.24, 2.45) is 0 Å². The molecule has 0 aliphatic rings. The first kappa shape index (κ1) is 13.7. The number of nitrogens with zero attached hydrogens (tertiary/aromatic N) is 1. The van der Waals surface area contributed by atoms with Crippen LogP contribution in [-0.2, 0) is 17.8 Å². The van der Waals surface area contributed by atoms with Crippen molar-refractivity contribution in [3.05, 3.63) is 40.4 Å². The van der Waals surface area contributed by atoms with E-state index in [0.29, 0.717) is 5.69 Å². The molecular weight excluding hydrogens is 262 g/mol. The van der Waals surface area contributed by atoms with Gasteiger partial charge in [0.25, 0.3) is 0 Å². The zero-order chi connectivity index (χ0) is 13.8. The molecule has 0 radical (unpaired) electrons. The Kier molecular flexibility index (Phi) is 4.29. The van der Waals surface area contributed by atoms with Gasteiger partial charge in [-0.05, 0) is 12.0 Å². The zero-order valence-electron chi connectivity index (χ0n) is 10.8. The van der Waals surface area contributed by atoms with Gasteiger partial charge in [-0.15, -0.1) is 11.3 Å². The molecule has 0 unspecified atom stereocenters. The van der Waals surface area contributed by atoms with Crippen molar-refractivity contribution in [1.29, 1.82) is 0 Å². The summed E-state index contributed by atoms with van der Waals surface area (Å²) < 4.78 is 5.01. The van der Waals surface area contributed by atoms with E-state index in [1.807, 2.05) is 24.3 Å². The van der Waals surface area contributed by atoms with E-state index in [2.05, 4.69) is 11.9 Å². The minimum atomic E-state index is -0.954. The summed E-state index contributed by atoms with van der Waals surface area (Å²) >= 11 is 1.20. The third-order valence-corrected chi connectivity index (χ3v) is 3.92. The Balaban J connectivity index is 2.51.